The molecular formula is C17H22N2O2S. The van der Waals surface area contributed by atoms with Gasteiger partial charge < -0.3 is 15.4 Å². The van der Waals surface area contributed by atoms with Crippen LogP contribution in [0.4, 0.5) is 4.79 Å². The molecule has 22 heavy (non-hydrogen) atoms. The number of carbonyl (C=O) groups is 1. The Balaban J connectivity index is 1.51. The third kappa shape index (κ3) is 3.25. The summed E-state index contributed by atoms with van der Waals surface area (Å²) in [6, 6.07) is 8.18. The normalized spacial score (nSPS) is 20.2. The zero-order valence-corrected chi connectivity index (χ0v) is 13.8. The van der Waals surface area contributed by atoms with Gasteiger partial charge in [-0.25, -0.2) is 4.79 Å². The Hall–Kier alpha value is -1.59. The molecule has 0 aliphatic carbocycles. The van der Waals surface area contributed by atoms with Crippen LogP contribution in [0.25, 0.3) is 10.1 Å². The van der Waals surface area contributed by atoms with E-state index in [1.54, 1.807) is 11.3 Å². The molecule has 3 rings (SSSR count). The average Bonchev–Trinajstić information content (AvgIpc) is 3.09. The van der Waals surface area contributed by atoms with Crippen LogP contribution >= 0.6 is 11.3 Å². The molecule has 118 valence electrons. The molecule has 5 heteroatoms. The molecule has 4 nitrogen and oxygen atoms in total. The van der Waals surface area contributed by atoms with Gasteiger partial charge in [0.2, 0.25) is 0 Å². The molecule has 0 spiro atoms. The van der Waals surface area contributed by atoms with Gasteiger partial charge in [0.25, 0.3) is 0 Å². The molecule has 1 saturated heterocycles. The summed E-state index contributed by atoms with van der Waals surface area (Å²) in [5, 5.41) is 9.22. The van der Waals surface area contributed by atoms with Gasteiger partial charge in [-0.1, -0.05) is 18.2 Å². The fourth-order valence-corrected chi connectivity index (χ4v) is 3.84. The van der Waals surface area contributed by atoms with Crippen LogP contribution in [0.5, 0.6) is 0 Å². The Kier molecular flexibility index (Phi) is 4.36. The van der Waals surface area contributed by atoms with Crippen molar-refractivity contribution in [3.8, 4) is 0 Å². The average molecular weight is 318 g/mol. The zero-order chi connectivity index (χ0) is 15.6. The van der Waals surface area contributed by atoms with E-state index in [-0.39, 0.29) is 11.6 Å². The molecule has 2 amide bonds. The highest BCUT2D eigenvalue weighted by Crippen LogP contribution is 2.30. The van der Waals surface area contributed by atoms with E-state index >= 15 is 0 Å². The second-order valence-corrected chi connectivity index (χ2v) is 7.17. The Labute approximate surface area is 134 Å². The summed E-state index contributed by atoms with van der Waals surface area (Å²) in [7, 11) is 0. The lowest BCUT2D eigenvalue weighted by Crippen LogP contribution is -2.42. The van der Waals surface area contributed by atoms with Crippen molar-refractivity contribution in [3.05, 3.63) is 35.2 Å². The first-order valence-corrected chi connectivity index (χ1v) is 8.55. The maximum absolute atomic E-state index is 12.0. The summed E-state index contributed by atoms with van der Waals surface area (Å²) in [4.78, 5) is 12.0. The quantitative estimate of drug-likeness (QED) is 0.906. The summed E-state index contributed by atoms with van der Waals surface area (Å²) in [6.45, 7) is 6.15. The van der Waals surface area contributed by atoms with Crippen molar-refractivity contribution in [3.63, 3.8) is 0 Å². The smallest absolute Gasteiger partial charge is 0.315 e. The molecule has 2 aromatic rings. The van der Waals surface area contributed by atoms with Gasteiger partial charge in [0, 0.05) is 30.3 Å². The van der Waals surface area contributed by atoms with E-state index in [0.29, 0.717) is 19.0 Å². The molecule has 1 atom stereocenters. The fraction of sp³-hybridized carbons (Fsp3) is 0.471. The second-order valence-electron chi connectivity index (χ2n) is 6.26. The van der Waals surface area contributed by atoms with Crippen molar-refractivity contribution in [1.29, 1.82) is 0 Å². The number of urea groups is 1. The Bertz CT molecular complexity index is 665. The number of thiophene rings is 1. The molecule has 1 aromatic carbocycles. The zero-order valence-electron chi connectivity index (χ0n) is 13.0. The van der Waals surface area contributed by atoms with E-state index in [2.05, 4.69) is 48.1 Å². The number of rotatable bonds is 4. The first-order chi connectivity index (χ1) is 10.6. The van der Waals surface area contributed by atoms with E-state index < -0.39 is 0 Å². The van der Waals surface area contributed by atoms with Gasteiger partial charge in [0.15, 0.2) is 0 Å². The minimum Gasteiger partial charge on any atom is -0.375 e. The van der Waals surface area contributed by atoms with Crippen molar-refractivity contribution < 1.29 is 9.53 Å². The van der Waals surface area contributed by atoms with Gasteiger partial charge >= 0.3 is 6.03 Å². The SMILES string of the molecule is CC1(C)OCCC1CNC(=O)NCc1cccc2ccsc12. The summed E-state index contributed by atoms with van der Waals surface area (Å²) >= 11 is 1.71. The maximum atomic E-state index is 12.0. The molecule has 0 saturated carbocycles. The molecule has 0 bridgehead atoms. The largest absolute Gasteiger partial charge is 0.375 e. The van der Waals surface area contributed by atoms with Crippen LogP contribution in [0.2, 0.25) is 0 Å². The number of nitrogens with one attached hydrogen (secondary N) is 2. The molecule has 2 N–H and O–H groups in total. The number of carbonyl (C=O) groups excluding carboxylic acids is 1. The lowest BCUT2D eigenvalue weighted by Gasteiger charge is -2.25. The van der Waals surface area contributed by atoms with Crippen molar-refractivity contribution in [2.75, 3.05) is 13.2 Å². The Morgan fingerprint density at radius 2 is 2.23 bits per heavy atom. The molecule has 1 aliphatic heterocycles. The van der Waals surface area contributed by atoms with Gasteiger partial charge in [-0.2, -0.15) is 0 Å². The van der Waals surface area contributed by atoms with E-state index in [0.717, 1.165) is 18.6 Å². The van der Waals surface area contributed by atoms with E-state index in [1.165, 1.54) is 10.1 Å². The van der Waals surface area contributed by atoms with Crippen LogP contribution in [-0.2, 0) is 11.3 Å². The van der Waals surface area contributed by atoms with E-state index in [9.17, 15) is 4.79 Å². The third-order valence-electron chi connectivity index (χ3n) is 4.43. The van der Waals surface area contributed by atoms with Crippen molar-refractivity contribution in [2.45, 2.75) is 32.4 Å². The Morgan fingerprint density at radius 3 is 3.00 bits per heavy atom. The first-order valence-electron chi connectivity index (χ1n) is 7.67. The van der Waals surface area contributed by atoms with Gasteiger partial charge in [0.1, 0.15) is 0 Å². The Morgan fingerprint density at radius 1 is 1.36 bits per heavy atom. The standard InChI is InChI=1S/C17H22N2O2S/c1-17(2)14(6-8-21-17)11-19-16(20)18-10-13-5-3-4-12-7-9-22-15(12)13/h3-5,7,9,14H,6,8,10-11H2,1-2H3,(H2,18,19,20). The second kappa shape index (κ2) is 6.26. The number of amides is 2. The van der Waals surface area contributed by atoms with Crippen LogP contribution < -0.4 is 10.6 Å². The number of hydrogen-bond donors (Lipinski definition) is 2. The first kappa shape index (κ1) is 15.3. The fourth-order valence-electron chi connectivity index (χ4n) is 2.93. The highest BCUT2D eigenvalue weighted by atomic mass is 32.1. The van der Waals surface area contributed by atoms with Crippen LogP contribution in [0, 0.1) is 5.92 Å². The minimum absolute atomic E-state index is 0.115. The molecular weight excluding hydrogens is 296 g/mol. The summed E-state index contributed by atoms with van der Waals surface area (Å²) < 4.78 is 6.93. The molecule has 1 aromatic heterocycles. The lowest BCUT2D eigenvalue weighted by atomic mass is 9.91. The third-order valence-corrected chi connectivity index (χ3v) is 5.44. The van der Waals surface area contributed by atoms with Gasteiger partial charge in [-0.05, 0) is 42.7 Å². The van der Waals surface area contributed by atoms with Gasteiger partial charge in [-0.3, -0.25) is 0 Å². The highest BCUT2D eigenvalue weighted by molar-refractivity contribution is 7.17. The van der Waals surface area contributed by atoms with Crippen molar-refractivity contribution >= 4 is 27.5 Å². The summed E-state index contributed by atoms with van der Waals surface area (Å²) in [5.74, 6) is 0.374. The highest BCUT2D eigenvalue weighted by Gasteiger charge is 2.35. The van der Waals surface area contributed by atoms with E-state index in [4.69, 9.17) is 4.74 Å². The molecule has 1 fully saturated rings. The summed E-state index contributed by atoms with van der Waals surface area (Å²) in [6.07, 6.45) is 1.00. The van der Waals surface area contributed by atoms with Gasteiger partial charge in [-0.15, -0.1) is 11.3 Å². The van der Waals surface area contributed by atoms with E-state index in [1.807, 2.05) is 6.07 Å². The van der Waals surface area contributed by atoms with Crippen molar-refractivity contribution in [2.24, 2.45) is 5.92 Å². The van der Waals surface area contributed by atoms with Crippen LogP contribution in [0.15, 0.2) is 29.6 Å². The van der Waals surface area contributed by atoms with Crippen LogP contribution in [0.1, 0.15) is 25.8 Å². The monoisotopic (exact) mass is 318 g/mol. The van der Waals surface area contributed by atoms with Crippen molar-refractivity contribution in [1.82, 2.24) is 10.6 Å². The predicted molar refractivity (Wildman–Crippen MR) is 90.2 cm³/mol. The van der Waals surface area contributed by atoms with Crippen LogP contribution in [0.3, 0.4) is 0 Å². The number of benzene rings is 1. The predicted octanol–water partition coefficient (Wildman–Crippen LogP) is 3.52. The van der Waals surface area contributed by atoms with Gasteiger partial charge in [0.05, 0.1) is 5.60 Å². The molecule has 0 radical (unpaired) electrons. The lowest BCUT2D eigenvalue weighted by molar-refractivity contribution is 0.0120. The minimum atomic E-state index is -0.143. The summed E-state index contributed by atoms with van der Waals surface area (Å²) in [5.41, 5.74) is 1.02. The molecule has 1 aliphatic rings. The maximum Gasteiger partial charge on any atom is 0.315 e. The molecule has 1 unspecified atom stereocenters. The topological polar surface area (TPSA) is 50.4 Å². The van der Waals surface area contributed by atoms with Crippen LogP contribution in [-0.4, -0.2) is 24.8 Å². The number of fused-ring (bicyclic) bond motifs is 1. The number of hydrogen-bond acceptors (Lipinski definition) is 3. The number of ether oxygens (including phenoxy) is 1. The molecule has 2 heterocycles.